The summed E-state index contributed by atoms with van der Waals surface area (Å²) in [5.41, 5.74) is 0. The Hall–Kier alpha value is -1.10. The quantitative estimate of drug-likeness (QED) is 0.809. The van der Waals surface area contributed by atoms with Gasteiger partial charge in [-0.15, -0.1) is 0 Å². The molecule has 2 amide bonds. The Kier molecular flexibility index (Phi) is 4.78. The molecule has 118 valence electrons. The monoisotopic (exact) mass is 293 g/mol. The van der Waals surface area contributed by atoms with Crippen molar-refractivity contribution in [3.05, 3.63) is 0 Å². The summed E-state index contributed by atoms with van der Waals surface area (Å²) >= 11 is 0. The SMILES string of the molecule is O=C(NCC1CCCNC1)C1CC(=O)N(C2CCCC2)C1. The van der Waals surface area contributed by atoms with Crippen LogP contribution in [0.5, 0.6) is 0 Å². The van der Waals surface area contributed by atoms with Crippen molar-refractivity contribution >= 4 is 11.8 Å². The van der Waals surface area contributed by atoms with Crippen LogP contribution in [-0.4, -0.2) is 48.9 Å². The van der Waals surface area contributed by atoms with Crippen molar-refractivity contribution in [3.63, 3.8) is 0 Å². The summed E-state index contributed by atoms with van der Waals surface area (Å²) < 4.78 is 0. The first-order valence-electron chi connectivity index (χ1n) is 8.52. The molecule has 0 aromatic heterocycles. The van der Waals surface area contributed by atoms with Crippen molar-refractivity contribution in [2.75, 3.05) is 26.2 Å². The fourth-order valence-electron chi connectivity index (χ4n) is 3.96. The number of amides is 2. The van der Waals surface area contributed by atoms with Gasteiger partial charge in [0.25, 0.3) is 0 Å². The van der Waals surface area contributed by atoms with E-state index >= 15 is 0 Å². The van der Waals surface area contributed by atoms with Gasteiger partial charge in [-0.1, -0.05) is 12.8 Å². The molecule has 0 spiro atoms. The lowest BCUT2D eigenvalue weighted by molar-refractivity contribution is -0.130. The van der Waals surface area contributed by atoms with Gasteiger partial charge in [-0.05, 0) is 44.7 Å². The van der Waals surface area contributed by atoms with Crippen LogP contribution >= 0.6 is 0 Å². The molecule has 5 nitrogen and oxygen atoms in total. The summed E-state index contributed by atoms with van der Waals surface area (Å²) in [6, 6.07) is 0.401. The summed E-state index contributed by atoms with van der Waals surface area (Å²) in [4.78, 5) is 26.4. The summed E-state index contributed by atoms with van der Waals surface area (Å²) in [7, 11) is 0. The first-order chi connectivity index (χ1) is 10.2. The lowest BCUT2D eigenvalue weighted by Gasteiger charge is -2.25. The Bertz CT molecular complexity index is 387. The number of rotatable bonds is 4. The molecule has 3 rings (SSSR count). The maximum atomic E-state index is 12.3. The number of hydrogen-bond donors (Lipinski definition) is 2. The van der Waals surface area contributed by atoms with Crippen LogP contribution in [0.15, 0.2) is 0 Å². The molecule has 0 bridgehead atoms. The number of carbonyl (C=O) groups is 2. The lowest BCUT2D eigenvalue weighted by Crippen LogP contribution is -2.41. The average molecular weight is 293 g/mol. The minimum atomic E-state index is -0.130. The molecule has 21 heavy (non-hydrogen) atoms. The predicted octanol–water partition coefficient (Wildman–Crippen LogP) is 0.893. The number of likely N-dealkylation sites (tertiary alicyclic amines) is 1. The van der Waals surface area contributed by atoms with E-state index in [1.165, 1.54) is 25.7 Å². The molecule has 2 saturated heterocycles. The van der Waals surface area contributed by atoms with Crippen LogP contribution in [-0.2, 0) is 9.59 Å². The van der Waals surface area contributed by atoms with Gasteiger partial charge < -0.3 is 15.5 Å². The highest BCUT2D eigenvalue weighted by Crippen LogP contribution is 2.29. The molecule has 2 N–H and O–H groups in total. The van der Waals surface area contributed by atoms with Gasteiger partial charge in [-0.3, -0.25) is 9.59 Å². The summed E-state index contributed by atoms with van der Waals surface area (Å²) in [6.45, 7) is 3.48. The topological polar surface area (TPSA) is 61.4 Å². The third-order valence-electron chi connectivity index (χ3n) is 5.26. The van der Waals surface area contributed by atoms with Crippen LogP contribution in [0.25, 0.3) is 0 Å². The highest BCUT2D eigenvalue weighted by Gasteiger charge is 2.38. The van der Waals surface area contributed by atoms with E-state index in [9.17, 15) is 9.59 Å². The zero-order valence-electron chi connectivity index (χ0n) is 12.8. The fourth-order valence-corrected chi connectivity index (χ4v) is 3.96. The van der Waals surface area contributed by atoms with Crippen LogP contribution in [0.2, 0.25) is 0 Å². The molecule has 1 aliphatic carbocycles. The normalized spacial score (nSPS) is 30.9. The summed E-state index contributed by atoms with van der Waals surface area (Å²) in [5, 5.41) is 6.43. The molecule has 1 saturated carbocycles. The van der Waals surface area contributed by atoms with Crippen molar-refractivity contribution in [1.82, 2.24) is 15.5 Å². The Labute approximate surface area is 126 Å². The Morgan fingerprint density at radius 3 is 2.76 bits per heavy atom. The van der Waals surface area contributed by atoms with Gasteiger partial charge in [0.15, 0.2) is 0 Å². The molecule has 0 radical (unpaired) electrons. The maximum Gasteiger partial charge on any atom is 0.225 e. The third kappa shape index (κ3) is 3.57. The van der Waals surface area contributed by atoms with Crippen molar-refractivity contribution < 1.29 is 9.59 Å². The molecule has 5 heteroatoms. The van der Waals surface area contributed by atoms with E-state index < -0.39 is 0 Å². The number of nitrogens with one attached hydrogen (secondary N) is 2. The van der Waals surface area contributed by atoms with Gasteiger partial charge in [0.05, 0.1) is 5.92 Å². The van der Waals surface area contributed by atoms with Gasteiger partial charge in [0.2, 0.25) is 11.8 Å². The molecule has 0 aromatic rings. The summed E-state index contributed by atoms with van der Waals surface area (Å²) in [5.74, 6) is 0.677. The Balaban J connectivity index is 1.45. The Morgan fingerprint density at radius 2 is 2.05 bits per heavy atom. The fraction of sp³-hybridized carbons (Fsp3) is 0.875. The first-order valence-corrected chi connectivity index (χ1v) is 8.52. The van der Waals surface area contributed by atoms with E-state index in [0.717, 1.165) is 32.5 Å². The van der Waals surface area contributed by atoms with E-state index in [4.69, 9.17) is 0 Å². The largest absolute Gasteiger partial charge is 0.355 e. The smallest absolute Gasteiger partial charge is 0.225 e. The second-order valence-corrected chi connectivity index (χ2v) is 6.84. The maximum absolute atomic E-state index is 12.3. The second-order valence-electron chi connectivity index (χ2n) is 6.84. The van der Waals surface area contributed by atoms with Crippen molar-refractivity contribution in [3.8, 4) is 0 Å². The van der Waals surface area contributed by atoms with Crippen LogP contribution in [0, 0.1) is 11.8 Å². The molecular formula is C16H27N3O2. The van der Waals surface area contributed by atoms with Crippen LogP contribution in [0.4, 0.5) is 0 Å². The minimum Gasteiger partial charge on any atom is -0.355 e. The van der Waals surface area contributed by atoms with Gasteiger partial charge in [0.1, 0.15) is 0 Å². The van der Waals surface area contributed by atoms with E-state index in [2.05, 4.69) is 10.6 Å². The molecule has 3 aliphatic rings. The zero-order chi connectivity index (χ0) is 14.7. The molecule has 0 aromatic carbocycles. The van der Waals surface area contributed by atoms with Gasteiger partial charge in [-0.25, -0.2) is 0 Å². The molecule has 2 unspecified atom stereocenters. The van der Waals surface area contributed by atoms with E-state index in [-0.39, 0.29) is 17.7 Å². The Morgan fingerprint density at radius 1 is 1.24 bits per heavy atom. The molecule has 2 heterocycles. The number of carbonyl (C=O) groups excluding carboxylic acids is 2. The molecule has 2 aliphatic heterocycles. The van der Waals surface area contributed by atoms with Crippen LogP contribution < -0.4 is 10.6 Å². The third-order valence-corrected chi connectivity index (χ3v) is 5.26. The minimum absolute atomic E-state index is 0.0782. The first kappa shape index (κ1) is 14.8. The van der Waals surface area contributed by atoms with Gasteiger partial charge >= 0.3 is 0 Å². The standard InChI is InChI=1S/C16H27N3O2/c20-15-8-13(11-19(15)14-5-1-2-6-14)16(21)18-10-12-4-3-7-17-9-12/h12-14,17H,1-11H2,(H,18,21). The number of hydrogen-bond acceptors (Lipinski definition) is 3. The summed E-state index contributed by atoms with van der Waals surface area (Å²) in [6.07, 6.45) is 7.47. The van der Waals surface area contributed by atoms with Gasteiger partial charge in [0, 0.05) is 25.6 Å². The van der Waals surface area contributed by atoms with E-state index in [1.807, 2.05) is 4.90 Å². The van der Waals surface area contributed by atoms with Crippen LogP contribution in [0.3, 0.4) is 0 Å². The van der Waals surface area contributed by atoms with Crippen LogP contribution in [0.1, 0.15) is 44.9 Å². The highest BCUT2D eigenvalue weighted by atomic mass is 16.2. The zero-order valence-corrected chi connectivity index (χ0v) is 12.8. The van der Waals surface area contributed by atoms with E-state index in [0.29, 0.717) is 24.9 Å². The lowest BCUT2D eigenvalue weighted by atomic mass is 9.99. The molecular weight excluding hydrogens is 266 g/mol. The van der Waals surface area contributed by atoms with Gasteiger partial charge in [-0.2, -0.15) is 0 Å². The number of nitrogens with zero attached hydrogens (tertiary/aromatic N) is 1. The number of piperidine rings is 1. The highest BCUT2D eigenvalue weighted by molar-refractivity contribution is 5.89. The van der Waals surface area contributed by atoms with Crippen molar-refractivity contribution in [1.29, 1.82) is 0 Å². The predicted molar refractivity (Wildman–Crippen MR) is 80.7 cm³/mol. The van der Waals surface area contributed by atoms with Crippen molar-refractivity contribution in [2.24, 2.45) is 11.8 Å². The molecule has 2 atom stereocenters. The average Bonchev–Trinajstić information content (AvgIpc) is 3.15. The molecule has 3 fully saturated rings. The second kappa shape index (κ2) is 6.77. The van der Waals surface area contributed by atoms with E-state index in [1.54, 1.807) is 0 Å². The van der Waals surface area contributed by atoms with Crippen molar-refractivity contribution in [2.45, 2.75) is 51.0 Å².